The van der Waals surface area contributed by atoms with E-state index in [0.29, 0.717) is 23.8 Å². The van der Waals surface area contributed by atoms with Crippen LogP contribution in [0.15, 0.2) is 97.1 Å². The van der Waals surface area contributed by atoms with E-state index >= 15 is 17.6 Å². The summed E-state index contributed by atoms with van der Waals surface area (Å²) in [7, 11) is 0. The first-order chi connectivity index (χ1) is 22.7. The largest absolute Gasteiger partial charge is 0.573 e. The Balaban J connectivity index is 1.31. The summed E-state index contributed by atoms with van der Waals surface area (Å²) < 4.78 is 134. The number of hydrogen-bond donors (Lipinski definition) is 0. The molecular weight excluding hydrogens is 647 g/mol. The van der Waals surface area contributed by atoms with Crippen LogP contribution in [0, 0.1) is 23.3 Å². The van der Waals surface area contributed by atoms with Crippen molar-refractivity contribution in [2.45, 2.75) is 45.1 Å². The number of halogens is 9. The Morgan fingerprint density at radius 2 is 1.06 bits per heavy atom. The van der Waals surface area contributed by atoms with Gasteiger partial charge in [-0.25, -0.2) is 17.6 Å². The van der Waals surface area contributed by atoms with E-state index in [1.807, 2.05) is 24.3 Å². The molecule has 250 valence electrons. The van der Waals surface area contributed by atoms with Crippen LogP contribution >= 0.6 is 0 Å². The zero-order chi connectivity index (χ0) is 34.6. The second kappa shape index (κ2) is 14.0. The lowest BCUT2D eigenvalue weighted by Gasteiger charge is -2.20. The molecule has 0 radical (unpaired) electrons. The summed E-state index contributed by atoms with van der Waals surface area (Å²) in [6.07, 6.45) is -5.36. The second-order valence-electron chi connectivity index (χ2n) is 11.0. The maximum absolute atomic E-state index is 15.1. The fourth-order valence-electron chi connectivity index (χ4n) is 5.18. The highest BCUT2D eigenvalue weighted by atomic mass is 19.4. The van der Waals surface area contributed by atoms with Crippen molar-refractivity contribution in [3.63, 3.8) is 0 Å². The van der Waals surface area contributed by atoms with Crippen molar-refractivity contribution >= 4 is 0 Å². The smallest absolute Gasteiger partial charge is 0.429 e. The van der Waals surface area contributed by atoms with Gasteiger partial charge in [-0.1, -0.05) is 74.4 Å². The molecule has 0 aliphatic heterocycles. The predicted molar refractivity (Wildman–Crippen MR) is 163 cm³/mol. The molecule has 11 heteroatoms. The van der Waals surface area contributed by atoms with Gasteiger partial charge in [-0.05, 0) is 82.6 Å². The molecule has 5 rings (SSSR count). The molecule has 0 spiro atoms. The second-order valence-corrected chi connectivity index (χ2v) is 11.0. The Labute approximate surface area is 270 Å². The van der Waals surface area contributed by atoms with Crippen molar-refractivity contribution in [3.05, 3.63) is 131 Å². The van der Waals surface area contributed by atoms with Crippen molar-refractivity contribution in [2.24, 2.45) is 0 Å². The minimum Gasteiger partial charge on any atom is -0.429 e. The van der Waals surface area contributed by atoms with E-state index < -0.39 is 52.8 Å². The number of unbranched alkanes of at least 4 members (excludes halogenated alkanes) is 2. The Bertz CT molecular complexity index is 1860. The number of rotatable bonds is 11. The Kier molecular flexibility index (Phi) is 10.1. The minimum absolute atomic E-state index is 0.00310. The topological polar surface area (TPSA) is 18.5 Å². The molecule has 0 amide bonds. The Hall–Kier alpha value is -4.93. The first-order valence-electron chi connectivity index (χ1n) is 14.9. The third kappa shape index (κ3) is 8.13. The van der Waals surface area contributed by atoms with E-state index in [2.05, 4.69) is 16.4 Å². The fourth-order valence-corrected chi connectivity index (χ4v) is 5.18. The van der Waals surface area contributed by atoms with Gasteiger partial charge in [-0.15, -0.1) is 13.2 Å². The molecule has 0 aromatic heterocycles. The number of benzene rings is 5. The van der Waals surface area contributed by atoms with Crippen LogP contribution < -0.4 is 9.47 Å². The van der Waals surface area contributed by atoms with E-state index in [9.17, 15) is 22.0 Å². The van der Waals surface area contributed by atoms with Gasteiger partial charge >= 0.3 is 12.5 Å². The van der Waals surface area contributed by atoms with Crippen LogP contribution in [0.5, 0.6) is 11.5 Å². The predicted octanol–water partition coefficient (Wildman–Crippen LogP) is 12.0. The van der Waals surface area contributed by atoms with Gasteiger partial charge in [0, 0.05) is 11.6 Å². The molecule has 5 aromatic rings. The van der Waals surface area contributed by atoms with Crippen LogP contribution in [-0.2, 0) is 12.5 Å². The summed E-state index contributed by atoms with van der Waals surface area (Å²) in [5.74, 6) is -7.87. The van der Waals surface area contributed by atoms with E-state index in [-0.39, 0.29) is 16.7 Å². The average Bonchev–Trinajstić information content (AvgIpc) is 3.01. The molecule has 0 unspecified atom stereocenters. The summed E-state index contributed by atoms with van der Waals surface area (Å²) in [4.78, 5) is 0. The first-order valence-corrected chi connectivity index (χ1v) is 14.9. The maximum Gasteiger partial charge on any atom is 0.573 e. The molecule has 0 saturated carbocycles. The summed E-state index contributed by atoms with van der Waals surface area (Å²) in [5, 5.41) is 0. The van der Waals surface area contributed by atoms with Gasteiger partial charge in [0.25, 0.3) is 0 Å². The third-order valence-corrected chi connectivity index (χ3v) is 7.56. The van der Waals surface area contributed by atoms with Crippen LogP contribution in [0.2, 0.25) is 0 Å². The van der Waals surface area contributed by atoms with Crippen LogP contribution in [0.1, 0.15) is 37.3 Å². The van der Waals surface area contributed by atoms with E-state index in [0.717, 1.165) is 67.1 Å². The molecule has 0 fully saturated rings. The van der Waals surface area contributed by atoms with Gasteiger partial charge in [0.1, 0.15) is 28.8 Å². The summed E-state index contributed by atoms with van der Waals surface area (Å²) >= 11 is 0. The molecule has 0 aliphatic rings. The summed E-state index contributed by atoms with van der Waals surface area (Å²) in [5.41, 5.74) is 1.06. The number of ether oxygens (including phenoxy) is 2. The van der Waals surface area contributed by atoms with Gasteiger partial charge in [0.05, 0.1) is 0 Å². The number of alkyl halides is 5. The molecule has 0 heterocycles. The highest BCUT2D eigenvalue weighted by Gasteiger charge is 2.41. The molecule has 0 atom stereocenters. The SMILES string of the molecule is CCCCCc1ccc(-c2ccc(-c3cc(F)c(C(F)(F)Oc4ccc(-c5ccc(OC(F)(F)F)c(F)c5)c(F)c4)c(F)c3)cc2)cc1. The maximum atomic E-state index is 15.1. The standard InChI is InChI=1S/C37H27F9O2/c1-2-3-4-5-22-6-8-23(9-7-22)24-10-12-25(13-11-24)27-19-32(40)35(33(41)20-27)36(42,43)47-28-15-16-29(30(38)21-28)26-14-17-34(31(39)18-26)48-37(44,45)46/h6-21H,2-5H2,1H3. The van der Waals surface area contributed by atoms with Gasteiger partial charge in [0.15, 0.2) is 11.6 Å². The average molecular weight is 675 g/mol. The first kappa shape index (κ1) is 34.4. The van der Waals surface area contributed by atoms with Crippen molar-refractivity contribution in [3.8, 4) is 44.9 Å². The monoisotopic (exact) mass is 674 g/mol. The van der Waals surface area contributed by atoms with Crippen LogP contribution in [-0.4, -0.2) is 6.36 Å². The molecule has 2 nitrogen and oxygen atoms in total. The third-order valence-electron chi connectivity index (χ3n) is 7.56. The highest BCUT2D eigenvalue weighted by molar-refractivity contribution is 5.71. The van der Waals surface area contributed by atoms with E-state index in [1.165, 1.54) is 5.56 Å². The van der Waals surface area contributed by atoms with Gasteiger partial charge < -0.3 is 9.47 Å². The molecule has 48 heavy (non-hydrogen) atoms. The van der Waals surface area contributed by atoms with Gasteiger partial charge in [-0.2, -0.15) is 8.78 Å². The zero-order valence-electron chi connectivity index (χ0n) is 25.3. The number of aryl methyl sites for hydroxylation is 1. The van der Waals surface area contributed by atoms with E-state index in [4.69, 9.17) is 0 Å². The molecule has 0 saturated heterocycles. The van der Waals surface area contributed by atoms with Crippen LogP contribution in [0.4, 0.5) is 39.5 Å². The van der Waals surface area contributed by atoms with Crippen LogP contribution in [0.25, 0.3) is 33.4 Å². The van der Waals surface area contributed by atoms with Gasteiger partial charge in [0.2, 0.25) is 0 Å². The van der Waals surface area contributed by atoms with Crippen molar-refractivity contribution in [1.82, 2.24) is 0 Å². The van der Waals surface area contributed by atoms with Crippen molar-refractivity contribution in [1.29, 1.82) is 0 Å². The zero-order valence-corrected chi connectivity index (χ0v) is 25.3. The quantitative estimate of drug-likeness (QED) is 0.103. The molecule has 0 N–H and O–H groups in total. The van der Waals surface area contributed by atoms with Crippen LogP contribution in [0.3, 0.4) is 0 Å². The molecule has 5 aromatic carbocycles. The summed E-state index contributed by atoms with van der Waals surface area (Å²) in [6.45, 7) is 2.14. The molecule has 0 aliphatic carbocycles. The van der Waals surface area contributed by atoms with Crippen molar-refractivity contribution < 1.29 is 49.0 Å². The lowest BCUT2D eigenvalue weighted by atomic mass is 9.97. The molecule has 0 bridgehead atoms. The summed E-state index contributed by atoms with van der Waals surface area (Å²) in [6, 6.07) is 20.5. The van der Waals surface area contributed by atoms with Crippen molar-refractivity contribution in [2.75, 3.05) is 0 Å². The minimum atomic E-state index is -5.16. The lowest BCUT2D eigenvalue weighted by Crippen LogP contribution is -2.25. The fraction of sp³-hybridized carbons (Fsp3) is 0.189. The molecular formula is C37H27F9O2. The Morgan fingerprint density at radius 3 is 1.60 bits per heavy atom. The lowest BCUT2D eigenvalue weighted by molar-refractivity contribution is -0.275. The number of hydrogen-bond acceptors (Lipinski definition) is 2. The normalized spacial score (nSPS) is 11.9. The Morgan fingerprint density at radius 1 is 0.521 bits per heavy atom. The van der Waals surface area contributed by atoms with E-state index in [1.54, 1.807) is 24.3 Å². The highest BCUT2D eigenvalue weighted by Crippen LogP contribution is 2.39. The van der Waals surface area contributed by atoms with Gasteiger partial charge in [-0.3, -0.25) is 0 Å².